The zero-order valence-electron chi connectivity index (χ0n) is 19.6. The van der Waals surface area contributed by atoms with Crippen molar-refractivity contribution in [1.29, 1.82) is 0 Å². The summed E-state index contributed by atoms with van der Waals surface area (Å²) in [4.78, 5) is 23.9. The van der Waals surface area contributed by atoms with E-state index in [0.29, 0.717) is 32.1 Å². The van der Waals surface area contributed by atoms with Crippen LogP contribution in [0.5, 0.6) is 0 Å². The normalized spacial score (nSPS) is 14.8. The highest BCUT2D eigenvalue weighted by Crippen LogP contribution is 2.25. The lowest BCUT2D eigenvalue weighted by Gasteiger charge is -2.34. The number of sulfonamides is 1. The topological polar surface area (TPSA) is 119 Å². The number of benzene rings is 2. The van der Waals surface area contributed by atoms with E-state index in [2.05, 4.69) is 27.0 Å². The van der Waals surface area contributed by atoms with Crippen LogP contribution >= 0.6 is 0 Å². The molecule has 1 amide bonds. The number of piperazine rings is 1. The second kappa shape index (κ2) is 10.5. The van der Waals surface area contributed by atoms with E-state index in [1.165, 1.54) is 27.7 Å². The molecule has 0 saturated carbocycles. The number of hydrogen-bond acceptors (Lipinski definition) is 8. The predicted octanol–water partition coefficient (Wildman–Crippen LogP) is 1.84. The molecule has 2 aromatic carbocycles. The number of carbonyl (C=O) groups is 1. The lowest BCUT2D eigenvalue weighted by Crippen LogP contribution is -2.49. The molecular weight excluding hydrogens is 468 g/mol. The maximum Gasteiger partial charge on any atom is 0.277 e. The fourth-order valence-electron chi connectivity index (χ4n) is 3.98. The molecule has 0 atom stereocenters. The van der Waals surface area contributed by atoms with Gasteiger partial charge in [0.25, 0.3) is 5.91 Å². The van der Waals surface area contributed by atoms with Crippen molar-refractivity contribution >= 4 is 21.9 Å². The Morgan fingerprint density at radius 1 is 1.00 bits per heavy atom. The minimum atomic E-state index is -3.63. The van der Waals surface area contributed by atoms with Crippen LogP contribution in [-0.4, -0.2) is 79.0 Å². The minimum Gasteiger partial charge on any atom is -0.338 e. The van der Waals surface area contributed by atoms with E-state index in [4.69, 9.17) is 5.21 Å². The molecule has 1 fully saturated rings. The molecule has 0 radical (unpaired) electrons. The van der Waals surface area contributed by atoms with Gasteiger partial charge in [-0.25, -0.2) is 23.9 Å². The maximum absolute atomic E-state index is 13.2. The van der Waals surface area contributed by atoms with Gasteiger partial charge in [-0.2, -0.15) is 4.31 Å². The molecule has 11 heteroatoms. The average Bonchev–Trinajstić information content (AvgIpc) is 2.88. The number of amides is 1. The summed E-state index contributed by atoms with van der Waals surface area (Å²) in [6.07, 6.45) is 2.63. The van der Waals surface area contributed by atoms with Gasteiger partial charge in [0, 0.05) is 45.1 Å². The summed E-state index contributed by atoms with van der Waals surface area (Å²) in [6.45, 7) is 2.25. The van der Waals surface area contributed by atoms with Crippen LogP contribution in [0.3, 0.4) is 0 Å². The number of nitrogens with zero attached hydrogens (tertiary/aromatic N) is 5. The third-order valence-electron chi connectivity index (χ3n) is 5.77. The molecular formula is C24H28N6O4S. The van der Waals surface area contributed by atoms with Crippen molar-refractivity contribution in [1.82, 2.24) is 24.7 Å². The zero-order chi connectivity index (χ0) is 25.0. The largest absolute Gasteiger partial charge is 0.338 e. The van der Waals surface area contributed by atoms with Gasteiger partial charge in [0.05, 0.1) is 10.5 Å². The third-order valence-corrected chi connectivity index (χ3v) is 7.69. The third kappa shape index (κ3) is 5.65. The second-order valence-corrected chi connectivity index (χ2v) is 10.5. The van der Waals surface area contributed by atoms with Crippen LogP contribution in [0, 0.1) is 0 Å². The van der Waals surface area contributed by atoms with Crippen molar-refractivity contribution < 1.29 is 18.4 Å². The summed E-state index contributed by atoms with van der Waals surface area (Å²) in [5.41, 5.74) is 4.86. The Labute approximate surface area is 204 Å². The van der Waals surface area contributed by atoms with Crippen LogP contribution < -0.4 is 10.4 Å². The molecule has 1 aliphatic rings. The summed E-state index contributed by atoms with van der Waals surface area (Å²) in [6, 6.07) is 15.2. The summed E-state index contributed by atoms with van der Waals surface area (Å²) in [5, 5.41) is 8.69. The SMILES string of the molecule is CN(C)Cc1cccc(-c2ccc(S(=O)(=O)N3CCN(c4ncc(C(=O)NO)cn4)CC3)cc2)c1. The number of hydroxylamine groups is 1. The number of hydrogen-bond donors (Lipinski definition) is 2. The van der Waals surface area contributed by atoms with Crippen molar-refractivity contribution in [2.45, 2.75) is 11.4 Å². The first-order valence-corrected chi connectivity index (χ1v) is 12.6. The molecule has 2 N–H and O–H groups in total. The van der Waals surface area contributed by atoms with Crippen LogP contribution in [0.25, 0.3) is 11.1 Å². The van der Waals surface area contributed by atoms with Gasteiger partial charge in [-0.05, 0) is 49.0 Å². The highest BCUT2D eigenvalue weighted by Gasteiger charge is 2.29. The summed E-state index contributed by atoms with van der Waals surface area (Å²) < 4.78 is 27.9. The first kappa shape index (κ1) is 24.7. The summed E-state index contributed by atoms with van der Waals surface area (Å²) in [7, 11) is 0.410. The molecule has 2 heterocycles. The van der Waals surface area contributed by atoms with Crippen molar-refractivity contribution in [2.24, 2.45) is 0 Å². The van der Waals surface area contributed by atoms with Gasteiger partial charge in [0.15, 0.2) is 0 Å². The number of rotatable bonds is 7. The van der Waals surface area contributed by atoms with Gasteiger partial charge in [0.1, 0.15) is 0 Å². The van der Waals surface area contributed by atoms with E-state index in [1.807, 2.05) is 43.3 Å². The molecule has 184 valence electrons. The number of anilines is 1. The average molecular weight is 497 g/mol. The Balaban J connectivity index is 1.42. The lowest BCUT2D eigenvalue weighted by molar-refractivity contribution is 0.0705. The number of nitrogens with one attached hydrogen (secondary N) is 1. The Bertz CT molecular complexity index is 1270. The van der Waals surface area contributed by atoms with E-state index in [9.17, 15) is 13.2 Å². The summed E-state index contributed by atoms with van der Waals surface area (Å²) in [5.74, 6) is -0.294. The van der Waals surface area contributed by atoms with Crippen LogP contribution in [0.2, 0.25) is 0 Å². The molecule has 4 rings (SSSR count). The fourth-order valence-corrected chi connectivity index (χ4v) is 5.40. The highest BCUT2D eigenvalue weighted by atomic mass is 32.2. The second-order valence-electron chi connectivity index (χ2n) is 8.57. The monoisotopic (exact) mass is 496 g/mol. The molecule has 10 nitrogen and oxygen atoms in total. The number of aromatic nitrogens is 2. The van der Waals surface area contributed by atoms with Crippen molar-refractivity contribution in [3.8, 4) is 11.1 Å². The van der Waals surface area contributed by atoms with Gasteiger partial charge >= 0.3 is 0 Å². The summed E-state index contributed by atoms with van der Waals surface area (Å²) >= 11 is 0. The first-order chi connectivity index (χ1) is 16.8. The molecule has 0 bridgehead atoms. The molecule has 1 saturated heterocycles. The van der Waals surface area contributed by atoms with Crippen LogP contribution in [-0.2, 0) is 16.6 Å². The molecule has 0 unspecified atom stereocenters. The van der Waals surface area contributed by atoms with Crippen LogP contribution in [0.15, 0.2) is 65.8 Å². The number of carbonyl (C=O) groups excluding carboxylic acids is 1. The smallest absolute Gasteiger partial charge is 0.277 e. The Kier molecular flexibility index (Phi) is 7.41. The Morgan fingerprint density at radius 3 is 2.26 bits per heavy atom. The Hall–Kier alpha value is -3.38. The molecule has 35 heavy (non-hydrogen) atoms. The van der Waals surface area contributed by atoms with E-state index in [1.54, 1.807) is 12.1 Å². The maximum atomic E-state index is 13.2. The first-order valence-electron chi connectivity index (χ1n) is 11.1. The van der Waals surface area contributed by atoms with E-state index < -0.39 is 15.9 Å². The van der Waals surface area contributed by atoms with Gasteiger partial charge in [-0.1, -0.05) is 30.3 Å². The van der Waals surface area contributed by atoms with E-state index >= 15 is 0 Å². The lowest BCUT2D eigenvalue weighted by atomic mass is 10.0. The zero-order valence-corrected chi connectivity index (χ0v) is 20.4. The Morgan fingerprint density at radius 2 is 1.66 bits per heavy atom. The standard InChI is InChI=1S/C24H28N6O4S/c1-28(2)17-18-4-3-5-20(14-18)19-6-8-22(9-7-19)35(33,34)30-12-10-29(11-13-30)24-25-15-21(16-26-24)23(31)27-32/h3-9,14-16,32H,10-13,17H2,1-2H3,(H,27,31). The van der Waals surface area contributed by atoms with Crippen molar-refractivity contribution in [3.05, 3.63) is 72.1 Å². The molecule has 0 aliphatic carbocycles. The minimum absolute atomic E-state index is 0.130. The highest BCUT2D eigenvalue weighted by molar-refractivity contribution is 7.89. The van der Waals surface area contributed by atoms with Gasteiger partial charge < -0.3 is 9.80 Å². The molecule has 1 aliphatic heterocycles. The van der Waals surface area contributed by atoms with E-state index in [0.717, 1.165) is 17.7 Å². The predicted molar refractivity (Wildman–Crippen MR) is 132 cm³/mol. The van der Waals surface area contributed by atoms with E-state index in [-0.39, 0.29) is 10.5 Å². The van der Waals surface area contributed by atoms with Crippen molar-refractivity contribution in [2.75, 3.05) is 45.2 Å². The quantitative estimate of drug-likeness (QED) is 0.376. The fraction of sp³-hybridized carbons (Fsp3) is 0.292. The van der Waals surface area contributed by atoms with Crippen molar-refractivity contribution in [3.63, 3.8) is 0 Å². The van der Waals surface area contributed by atoms with Gasteiger partial charge in [0.2, 0.25) is 16.0 Å². The molecule has 1 aromatic heterocycles. The van der Waals surface area contributed by atoms with Crippen LogP contribution in [0.1, 0.15) is 15.9 Å². The van der Waals surface area contributed by atoms with Gasteiger partial charge in [-0.3, -0.25) is 10.0 Å². The van der Waals surface area contributed by atoms with Gasteiger partial charge in [-0.15, -0.1) is 0 Å². The molecule has 0 spiro atoms. The van der Waals surface area contributed by atoms with Crippen LogP contribution in [0.4, 0.5) is 5.95 Å². The molecule has 3 aromatic rings.